The summed E-state index contributed by atoms with van der Waals surface area (Å²) in [6.45, 7) is 3.83. The van der Waals surface area contributed by atoms with Gasteiger partial charge in [-0.2, -0.15) is 0 Å². The first-order valence-corrected chi connectivity index (χ1v) is 6.81. The second kappa shape index (κ2) is 6.05. The molecule has 0 fully saturated rings. The van der Waals surface area contributed by atoms with Gasteiger partial charge in [0.1, 0.15) is 5.75 Å². The van der Waals surface area contributed by atoms with Crippen molar-refractivity contribution in [3.05, 3.63) is 35.9 Å². The third kappa shape index (κ3) is 3.73. The first kappa shape index (κ1) is 14.0. The summed E-state index contributed by atoms with van der Waals surface area (Å²) in [6.07, 6.45) is 2.21. The first-order valence-electron chi connectivity index (χ1n) is 4.95. The van der Waals surface area contributed by atoms with Gasteiger partial charge in [0.25, 0.3) is 0 Å². The van der Waals surface area contributed by atoms with Crippen molar-refractivity contribution in [1.29, 1.82) is 0 Å². The van der Waals surface area contributed by atoms with E-state index in [0.29, 0.717) is 18.7 Å². The molecule has 17 heavy (non-hydrogen) atoms. The molecule has 6 heteroatoms. The molecule has 1 aromatic rings. The molecule has 0 aliphatic rings. The van der Waals surface area contributed by atoms with Gasteiger partial charge in [-0.15, -0.1) is 6.58 Å². The van der Waals surface area contributed by atoms with Gasteiger partial charge in [0.2, 0.25) is 10.0 Å². The Morgan fingerprint density at radius 3 is 2.76 bits per heavy atom. The lowest BCUT2D eigenvalue weighted by molar-refractivity contribution is 0.414. The van der Waals surface area contributed by atoms with Crippen LogP contribution in [-0.4, -0.2) is 22.1 Å². The number of hydrogen-bond donors (Lipinski definition) is 1. The number of rotatable bonds is 6. The Balaban J connectivity index is 2.91. The molecule has 94 valence electrons. The Morgan fingerprint density at radius 2 is 2.24 bits per heavy atom. The average molecular weight is 276 g/mol. The summed E-state index contributed by atoms with van der Waals surface area (Å²) < 4.78 is 31.0. The minimum atomic E-state index is -3.52. The Hall–Kier alpha value is -1.04. The molecule has 1 aromatic carbocycles. The maximum absolute atomic E-state index is 11.8. The second-order valence-corrected chi connectivity index (χ2v) is 5.45. The van der Waals surface area contributed by atoms with E-state index in [4.69, 9.17) is 16.3 Å². The van der Waals surface area contributed by atoms with Gasteiger partial charge >= 0.3 is 0 Å². The predicted octanol–water partition coefficient (Wildman–Crippen LogP) is 2.20. The van der Waals surface area contributed by atoms with E-state index in [1.54, 1.807) is 6.08 Å². The van der Waals surface area contributed by atoms with Gasteiger partial charge in [0.15, 0.2) is 0 Å². The molecule has 0 aliphatic carbocycles. The maximum Gasteiger partial charge on any atom is 0.240 e. The fourth-order valence-corrected chi connectivity index (χ4v) is 2.59. The zero-order valence-corrected chi connectivity index (χ0v) is 11.0. The van der Waals surface area contributed by atoms with Gasteiger partial charge < -0.3 is 4.74 Å². The quantitative estimate of drug-likeness (QED) is 0.640. The maximum atomic E-state index is 11.8. The first-order chi connectivity index (χ1) is 8.01. The van der Waals surface area contributed by atoms with Crippen LogP contribution in [0.15, 0.2) is 35.7 Å². The van der Waals surface area contributed by atoms with Crippen LogP contribution in [0.5, 0.6) is 5.75 Å². The van der Waals surface area contributed by atoms with Crippen LogP contribution < -0.4 is 9.46 Å². The smallest absolute Gasteiger partial charge is 0.240 e. The summed E-state index contributed by atoms with van der Waals surface area (Å²) in [7, 11) is -2.05. The number of nitrogens with one attached hydrogen (secondary N) is 1. The number of sulfonamides is 1. The normalized spacial score (nSPS) is 11.2. The number of methoxy groups -OCH3 is 1. The molecule has 0 heterocycles. The highest BCUT2D eigenvalue weighted by molar-refractivity contribution is 7.89. The van der Waals surface area contributed by atoms with Gasteiger partial charge in [0.05, 0.1) is 17.0 Å². The highest BCUT2D eigenvalue weighted by Gasteiger charge is 2.14. The van der Waals surface area contributed by atoms with Crippen molar-refractivity contribution in [2.75, 3.05) is 13.7 Å². The van der Waals surface area contributed by atoms with E-state index < -0.39 is 10.0 Å². The summed E-state index contributed by atoms with van der Waals surface area (Å²) in [5.41, 5.74) is 0. The van der Waals surface area contributed by atoms with Crippen molar-refractivity contribution in [1.82, 2.24) is 4.72 Å². The zero-order valence-electron chi connectivity index (χ0n) is 9.44. The number of ether oxygens (including phenoxy) is 1. The number of benzene rings is 1. The molecule has 0 bridgehead atoms. The lowest BCUT2D eigenvalue weighted by Gasteiger charge is -2.08. The Morgan fingerprint density at radius 1 is 1.53 bits per heavy atom. The van der Waals surface area contributed by atoms with Gasteiger partial charge in [-0.3, -0.25) is 0 Å². The minimum absolute atomic E-state index is 0.118. The largest absolute Gasteiger partial charge is 0.495 e. The van der Waals surface area contributed by atoms with E-state index in [1.165, 1.54) is 25.3 Å². The lowest BCUT2D eigenvalue weighted by atomic mass is 10.3. The summed E-state index contributed by atoms with van der Waals surface area (Å²) in [5.74, 6) is 0.441. The molecule has 0 saturated carbocycles. The molecule has 0 unspecified atom stereocenters. The monoisotopic (exact) mass is 275 g/mol. The van der Waals surface area contributed by atoms with E-state index in [-0.39, 0.29) is 9.92 Å². The molecule has 0 amide bonds. The highest BCUT2D eigenvalue weighted by atomic mass is 35.5. The summed E-state index contributed by atoms with van der Waals surface area (Å²) in [4.78, 5) is 0.118. The fourth-order valence-electron chi connectivity index (χ4n) is 1.19. The number of hydrogen-bond acceptors (Lipinski definition) is 3. The van der Waals surface area contributed by atoms with Crippen LogP contribution >= 0.6 is 11.6 Å². The van der Waals surface area contributed by atoms with Gasteiger partial charge in [-0.25, -0.2) is 13.1 Å². The van der Waals surface area contributed by atoms with E-state index in [2.05, 4.69) is 11.3 Å². The molecule has 0 aliphatic heterocycles. The van der Waals surface area contributed by atoms with E-state index in [1.807, 2.05) is 0 Å². The van der Waals surface area contributed by atoms with Crippen LogP contribution in [0.3, 0.4) is 0 Å². The number of halogens is 1. The van der Waals surface area contributed by atoms with Crippen LogP contribution in [-0.2, 0) is 10.0 Å². The van der Waals surface area contributed by atoms with E-state index >= 15 is 0 Å². The van der Waals surface area contributed by atoms with Crippen LogP contribution in [0.4, 0.5) is 0 Å². The molecule has 1 rings (SSSR count). The molecular weight excluding hydrogens is 262 g/mol. The van der Waals surface area contributed by atoms with Crippen LogP contribution in [0.2, 0.25) is 5.02 Å². The Kier molecular flexibility index (Phi) is 4.99. The Bertz CT molecular complexity index is 499. The highest BCUT2D eigenvalue weighted by Crippen LogP contribution is 2.26. The topological polar surface area (TPSA) is 55.4 Å². The van der Waals surface area contributed by atoms with Gasteiger partial charge in [-0.05, 0) is 24.6 Å². The molecular formula is C11H14ClNO3S. The molecule has 0 aromatic heterocycles. The third-order valence-electron chi connectivity index (χ3n) is 2.07. The van der Waals surface area contributed by atoms with Gasteiger partial charge in [0, 0.05) is 6.54 Å². The van der Waals surface area contributed by atoms with Crippen LogP contribution in [0.1, 0.15) is 6.42 Å². The van der Waals surface area contributed by atoms with E-state index in [9.17, 15) is 8.42 Å². The van der Waals surface area contributed by atoms with Crippen molar-refractivity contribution in [3.63, 3.8) is 0 Å². The SMILES string of the molecule is C=CCCNS(=O)(=O)c1ccc(OC)c(Cl)c1. The Labute approximate surface area is 106 Å². The molecule has 4 nitrogen and oxygen atoms in total. The van der Waals surface area contributed by atoms with Crippen molar-refractivity contribution in [3.8, 4) is 5.75 Å². The van der Waals surface area contributed by atoms with E-state index in [0.717, 1.165) is 0 Å². The van der Waals surface area contributed by atoms with Crippen molar-refractivity contribution in [2.24, 2.45) is 0 Å². The average Bonchev–Trinajstić information content (AvgIpc) is 2.29. The van der Waals surface area contributed by atoms with Crippen LogP contribution in [0.25, 0.3) is 0 Å². The molecule has 0 spiro atoms. The fraction of sp³-hybridized carbons (Fsp3) is 0.273. The lowest BCUT2D eigenvalue weighted by Crippen LogP contribution is -2.24. The van der Waals surface area contributed by atoms with Crippen molar-refractivity contribution >= 4 is 21.6 Å². The summed E-state index contributed by atoms with van der Waals surface area (Å²) in [5, 5.41) is 0.263. The third-order valence-corrected chi connectivity index (χ3v) is 3.83. The summed E-state index contributed by atoms with van der Waals surface area (Å²) in [6, 6.07) is 4.32. The van der Waals surface area contributed by atoms with Crippen LogP contribution in [0, 0.1) is 0 Å². The van der Waals surface area contributed by atoms with Crippen molar-refractivity contribution < 1.29 is 13.2 Å². The zero-order chi connectivity index (χ0) is 12.9. The second-order valence-electron chi connectivity index (χ2n) is 3.27. The predicted molar refractivity (Wildman–Crippen MR) is 68.0 cm³/mol. The standard InChI is InChI=1S/C11H14ClNO3S/c1-3-4-7-13-17(14,15)9-5-6-11(16-2)10(12)8-9/h3,5-6,8,13H,1,4,7H2,2H3. The molecule has 0 radical (unpaired) electrons. The van der Waals surface area contributed by atoms with Gasteiger partial charge in [-0.1, -0.05) is 17.7 Å². The molecule has 0 saturated heterocycles. The minimum Gasteiger partial charge on any atom is -0.495 e. The molecule has 0 atom stereocenters. The molecule has 1 N–H and O–H groups in total. The summed E-state index contributed by atoms with van der Waals surface area (Å²) >= 11 is 5.86. The van der Waals surface area contributed by atoms with Crippen molar-refractivity contribution in [2.45, 2.75) is 11.3 Å².